The molecule has 2 rings (SSSR count). The Morgan fingerprint density at radius 1 is 1.03 bits per heavy atom. The zero-order valence-electron chi connectivity index (χ0n) is 15.4. The van der Waals surface area contributed by atoms with Crippen LogP contribution in [-0.4, -0.2) is 37.1 Å². The monoisotopic (exact) mass is 436 g/mol. The zero-order chi connectivity index (χ0) is 21.2. The van der Waals surface area contributed by atoms with Crippen molar-refractivity contribution in [3.8, 4) is 5.75 Å². The number of carbonyl (C=O) groups excluding carboxylic acids is 3. The van der Waals surface area contributed by atoms with Crippen molar-refractivity contribution in [1.29, 1.82) is 0 Å². The Bertz CT molecular complexity index is 917. The first-order chi connectivity index (χ1) is 13.9. The van der Waals surface area contributed by atoms with Gasteiger partial charge >= 0.3 is 11.8 Å². The molecular formula is C19H18Cl2N4O4. The first-order valence-electron chi connectivity index (χ1n) is 8.48. The quantitative estimate of drug-likeness (QED) is 0.352. The summed E-state index contributed by atoms with van der Waals surface area (Å²) < 4.78 is 5.41. The van der Waals surface area contributed by atoms with Crippen LogP contribution in [0.5, 0.6) is 5.75 Å². The van der Waals surface area contributed by atoms with Gasteiger partial charge in [0.1, 0.15) is 5.75 Å². The van der Waals surface area contributed by atoms with Gasteiger partial charge in [0.05, 0.1) is 16.3 Å². The lowest BCUT2D eigenvalue weighted by molar-refractivity contribution is -0.139. The molecule has 0 saturated heterocycles. The van der Waals surface area contributed by atoms with Crippen molar-refractivity contribution in [3.05, 3.63) is 58.1 Å². The summed E-state index contributed by atoms with van der Waals surface area (Å²) in [4.78, 5) is 34.6. The van der Waals surface area contributed by atoms with Crippen molar-refractivity contribution >= 4 is 52.8 Å². The smallest absolute Gasteiger partial charge is 0.329 e. The minimum Gasteiger partial charge on any atom is -0.484 e. The Hall–Kier alpha value is -3.10. The normalized spacial score (nSPS) is 10.4. The molecule has 0 saturated carbocycles. The van der Waals surface area contributed by atoms with Gasteiger partial charge < -0.3 is 15.4 Å². The number of amides is 3. The van der Waals surface area contributed by atoms with Crippen LogP contribution in [0, 0.1) is 0 Å². The van der Waals surface area contributed by atoms with Gasteiger partial charge in [-0.2, -0.15) is 5.10 Å². The number of benzene rings is 2. The predicted octanol–water partition coefficient (Wildman–Crippen LogP) is 2.60. The highest BCUT2D eigenvalue weighted by atomic mass is 35.5. The minimum absolute atomic E-state index is 0.198. The lowest BCUT2D eigenvalue weighted by Crippen LogP contribution is -2.37. The second-order valence-corrected chi connectivity index (χ2v) is 6.41. The van der Waals surface area contributed by atoms with Gasteiger partial charge in [-0.1, -0.05) is 23.2 Å². The molecule has 152 valence electrons. The molecule has 3 N–H and O–H groups in total. The molecule has 0 aliphatic carbocycles. The van der Waals surface area contributed by atoms with E-state index in [2.05, 4.69) is 21.2 Å². The summed E-state index contributed by atoms with van der Waals surface area (Å²) in [6.45, 7) is 1.86. The highest BCUT2D eigenvalue weighted by Gasteiger charge is 2.10. The molecule has 0 unspecified atom stereocenters. The van der Waals surface area contributed by atoms with Crippen LogP contribution in [0.2, 0.25) is 10.0 Å². The largest absolute Gasteiger partial charge is 0.484 e. The highest BCUT2D eigenvalue weighted by molar-refractivity contribution is 6.42. The van der Waals surface area contributed by atoms with Crippen LogP contribution in [0.1, 0.15) is 12.5 Å². The molecule has 3 amide bonds. The van der Waals surface area contributed by atoms with Gasteiger partial charge in [0.15, 0.2) is 6.61 Å². The molecule has 0 spiro atoms. The van der Waals surface area contributed by atoms with E-state index in [1.807, 2.05) is 0 Å². The van der Waals surface area contributed by atoms with Crippen molar-refractivity contribution in [1.82, 2.24) is 10.7 Å². The lowest BCUT2D eigenvalue weighted by Gasteiger charge is -2.08. The summed E-state index contributed by atoms with van der Waals surface area (Å²) in [5, 5.41) is 9.44. The number of nitrogens with one attached hydrogen (secondary N) is 3. The molecular weight excluding hydrogens is 419 g/mol. The van der Waals surface area contributed by atoms with E-state index in [0.717, 1.165) is 0 Å². The maximum Gasteiger partial charge on any atom is 0.329 e. The third kappa shape index (κ3) is 7.44. The molecule has 29 heavy (non-hydrogen) atoms. The van der Waals surface area contributed by atoms with Crippen molar-refractivity contribution < 1.29 is 19.1 Å². The molecule has 0 heterocycles. The number of hydrazone groups is 1. The van der Waals surface area contributed by atoms with Crippen molar-refractivity contribution in [2.24, 2.45) is 5.10 Å². The number of hydrogen-bond acceptors (Lipinski definition) is 5. The number of hydrogen-bond donors (Lipinski definition) is 3. The summed E-state index contributed by atoms with van der Waals surface area (Å²) in [6, 6.07) is 11.4. The van der Waals surface area contributed by atoms with Gasteiger partial charge in [-0.25, -0.2) is 5.43 Å². The van der Waals surface area contributed by atoms with E-state index in [-0.39, 0.29) is 12.5 Å². The van der Waals surface area contributed by atoms with Gasteiger partial charge in [0.25, 0.3) is 5.91 Å². The van der Waals surface area contributed by atoms with E-state index >= 15 is 0 Å². The third-order valence-corrected chi connectivity index (χ3v) is 4.12. The molecule has 0 aromatic heterocycles. The fourth-order valence-electron chi connectivity index (χ4n) is 2.03. The number of rotatable bonds is 7. The van der Waals surface area contributed by atoms with Gasteiger partial charge in [-0.15, -0.1) is 0 Å². The average molecular weight is 437 g/mol. The second-order valence-electron chi connectivity index (χ2n) is 5.59. The van der Waals surface area contributed by atoms with Crippen LogP contribution in [0.15, 0.2) is 47.6 Å². The Balaban J connectivity index is 1.80. The minimum atomic E-state index is -0.851. The molecule has 0 radical (unpaired) electrons. The standard InChI is InChI=1S/C19H18Cl2N4O4/c1-2-22-18(27)19(28)25-23-10-12-3-6-14(7-4-12)29-11-17(26)24-13-5-8-15(20)16(21)9-13/h3-10H,2,11H2,1H3,(H,22,27)(H,24,26)(H,25,28)/b23-10-. The molecule has 0 atom stereocenters. The second kappa shape index (κ2) is 11.0. The summed E-state index contributed by atoms with van der Waals surface area (Å²) in [5.74, 6) is -1.50. The molecule has 0 aliphatic rings. The van der Waals surface area contributed by atoms with Crippen LogP contribution in [-0.2, 0) is 14.4 Å². The first kappa shape index (κ1) is 22.2. The van der Waals surface area contributed by atoms with Crippen molar-refractivity contribution in [2.75, 3.05) is 18.5 Å². The van der Waals surface area contributed by atoms with Crippen LogP contribution < -0.4 is 20.8 Å². The van der Waals surface area contributed by atoms with E-state index in [1.54, 1.807) is 49.4 Å². The fourth-order valence-corrected chi connectivity index (χ4v) is 2.33. The van der Waals surface area contributed by atoms with Crippen LogP contribution in [0.25, 0.3) is 0 Å². The highest BCUT2D eigenvalue weighted by Crippen LogP contribution is 2.24. The van der Waals surface area contributed by atoms with Crippen LogP contribution in [0.4, 0.5) is 5.69 Å². The van der Waals surface area contributed by atoms with Gasteiger partial charge in [-0.05, 0) is 55.0 Å². The molecule has 0 fully saturated rings. The summed E-state index contributed by atoms with van der Waals surface area (Å²) in [7, 11) is 0. The Kier molecular flexibility index (Phi) is 8.45. The van der Waals surface area contributed by atoms with Gasteiger partial charge in [-0.3, -0.25) is 14.4 Å². The van der Waals surface area contributed by atoms with E-state index in [1.165, 1.54) is 6.21 Å². The first-order valence-corrected chi connectivity index (χ1v) is 9.23. The summed E-state index contributed by atoms with van der Waals surface area (Å²) >= 11 is 11.7. The SMILES string of the molecule is CCNC(=O)C(=O)N/N=C\c1ccc(OCC(=O)Nc2ccc(Cl)c(Cl)c2)cc1. The fraction of sp³-hybridized carbons (Fsp3) is 0.158. The Labute approximate surface area is 177 Å². The summed E-state index contributed by atoms with van der Waals surface area (Å²) in [6.07, 6.45) is 1.37. The van der Waals surface area contributed by atoms with E-state index in [9.17, 15) is 14.4 Å². The van der Waals surface area contributed by atoms with E-state index < -0.39 is 11.8 Å². The number of nitrogens with zero attached hydrogens (tertiary/aromatic N) is 1. The van der Waals surface area contributed by atoms with Gasteiger partial charge in [0, 0.05) is 12.2 Å². The predicted molar refractivity (Wildman–Crippen MR) is 111 cm³/mol. The van der Waals surface area contributed by atoms with E-state index in [4.69, 9.17) is 27.9 Å². The molecule has 0 bridgehead atoms. The van der Waals surface area contributed by atoms with Crippen LogP contribution in [0.3, 0.4) is 0 Å². The summed E-state index contributed by atoms with van der Waals surface area (Å²) in [5.41, 5.74) is 3.29. The maximum atomic E-state index is 11.9. The average Bonchev–Trinajstić information content (AvgIpc) is 2.70. The van der Waals surface area contributed by atoms with Crippen LogP contribution >= 0.6 is 23.2 Å². The zero-order valence-corrected chi connectivity index (χ0v) is 16.9. The number of carbonyl (C=O) groups is 3. The number of ether oxygens (including phenoxy) is 1. The van der Waals surface area contributed by atoms with Crippen molar-refractivity contribution in [3.63, 3.8) is 0 Å². The molecule has 2 aromatic rings. The topological polar surface area (TPSA) is 109 Å². The lowest BCUT2D eigenvalue weighted by atomic mass is 10.2. The van der Waals surface area contributed by atoms with E-state index in [0.29, 0.717) is 33.6 Å². The number of anilines is 1. The van der Waals surface area contributed by atoms with Gasteiger partial charge in [0.2, 0.25) is 0 Å². The van der Waals surface area contributed by atoms with Crippen molar-refractivity contribution in [2.45, 2.75) is 6.92 Å². The molecule has 8 nitrogen and oxygen atoms in total. The Morgan fingerprint density at radius 2 is 1.76 bits per heavy atom. The maximum absolute atomic E-state index is 11.9. The molecule has 2 aromatic carbocycles. The molecule has 10 heteroatoms. The number of halogens is 2. The third-order valence-electron chi connectivity index (χ3n) is 3.38. The molecule has 0 aliphatic heterocycles. The number of likely N-dealkylation sites (N-methyl/N-ethyl adjacent to an activating group) is 1. The Morgan fingerprint density at radius 3 is 2.41 bits per heavy atom.